The van der Waals surface area contributed by atoms with Gasteiger partial charge >= 0.3 is 0 Å². The van der Waals surface area contributed by atoms with Gasteiger partial charge in [-0.3, -0.25) is 5.10 Å². The topological polar surface area (TPSA) is 140 Å². The molecule has 2 N–H and O–H groups in total. The second-order valence-corrected chi connectivity index (χ2v) is 8.99. The normalized spacial score (nSPS) is 11.9. The number of nitrogens with one attached hydrogen (secondary N) is 2. The van der Waals surface area contributed by atoms with Crippen molar-refractivity contribution in [2.24, 2.45) is 0 Å². The van der Waals surface area contributed by atoms with Gasteiger partial charge in [0.25, 0.3) is 0 Å². The lowest BCUT2D eigenvalue weighted by Crippen LogP contribution is -2.22. The lowest BCUT2D eigenvalue weighted by atomic mass is 9.96. The maximum atomic E-state index is 4.02. The molecule has 0 bridgehead atoms. The van der Waals surface area contributed by atoms with E-state index < -0.39 is 0 Å². The van der Waals surface area contributed by atoms with E-state index in [1.807, 2.05) is 41.5 Å². The van der Waals surface area contributed by atoms with Crippen molar-refractivity contribution in [3.8, 4) is 0 Å². The molecule has 3 aromatic rings. The van der Waals surface area contributed by atoms with Gasteiger partial charge in [0, 0.05) is 10.8 Å². The summed E-state index contributed by atoms with van der Waals surface area (Å²) in [6, 6.07) is 0. The van der Waals surface area contributed by atoms with Crippen molar-refractivity contribution in [3.05, 3.63) is 24.3 Å². The molecule has 0 fully saturated rings. The molecule has 3 rings (SSSR count). The Morgan fingerprint density at radius 1 is 0.926 bits per heavy atom. The maximum absolute atomic E-state index is 4.02. The first-order valence-electron chi connectivity index (χ1n) is 8.65. The highest BCUT2D eigenvalue weighted by Gasteiger charge is 2.18. The van der Waals surface area contributed by atoms with Crippen LogP contribution in [0.1, 0.15) is 74.0 Å². The molecule has 3 heterocycles. The van der Waals surface area contributed by atoms with Crippen LogP contribution in [0.3, 0.4) is 0 Å². The number of tetrazole rings is 2. The Hall–Kier alpha value is -2.72. The monoisotopic (exact) mass is 377 g/mol. The SMILES string of the molecule is CC(C)(C)c1ncn[nH]1.CC(C)(C)c1nn[nH]n1.CC(C)(C)n1cnnn1. The van der Waals surface area contributed by atoms with Crippen molar-refractivity contribution in [1.82, 2.24) is 56.0 Å². The predicted molar refractivity (Wildman–Crippen MR) is 101 cm³/mol. The first kappa shape index (κ1) is 22.3. The smallest absolute Gasteiger partial charge is 0.179 e. The fourth-order valence-electron chi connectivity index (χ4n) is 1.52. The van der Waals surface area contributed by atoms with Crippen LogP contribution in [0.15, 0.2) is 12.7 Å². The van der Waals surface area contributed by atoms with Gasteiger partial charge in [0.05, 0.1) is 5.54 Å². The molecular formula is C16H31N11. The van der Waals surface area contributed by atoms with Gasteiger partial charge in [0.15, 0.2) is 5.82 Å². The second-order valence-electron chi connectivity index (χ2n) is 8.99. The van der Waals surface area contributed by atoms with Gasteiger partial charge in [0.2, 0.25) is 0 Å². The van der Waals surface area contributed by atoms with Crippen LogP contribution in [0.4, 0.5) is 0 Å². The minimum absolute atomic E-state index is 0.00347. The van der Waals surface area contributed by atoms with Crippen molar-refractivity contribution in [2.75, 3.05) is 0 Å². The van der Waals surface area contributed by atoms with Crippen molar-refractivity contribution >= 4 is 0 Å². The zero-order chi connectivity index (χ0) is 20.7. The van der Waals surface area contributed by atoms with E-state index in [9.17, 15) is 0 Å². The Morgan fingerprint density at radius 2 is 1.59 bits per heavy atom. The molecule has 0 saturated carbocycles. The molecule has 0 spiro atoms. The van der Waals surface area contributed by atoms with Crippen molar-refractivity contribution in [3.63, 3.8) is 0 Å². The van der Waals surface area contributed by atoms with Gasteiger partial charge in [-0.05, 0) is 31.2 Å². The number of nitrogens with zero attached hydrogens (tertiary/aromatic N) is 9. The summed E-state index contributed by atoms with van der Waals surface area (Å²) in [4.78, 5) is 4.02. The average molecular weight is 378 g/mol. The molecule has 0 aromatic carbocycles. The molecule has 0 radical (unpaired) electrons. The van der Waals surface area contributed by atoms with E-state index in [1.165, 1.54) is 6.33 Å². The third kappa shape index (κ3) is 8.01. The van der Waals surface area contributed by atoms with E-state index in [-0.39, 0.29) is 16.4 Å². The third-order valence-corrected chi connectivity index (χ3v) is 3.18. The fraction of sp³-hybridized carbons (Fsp3) is 0.750. The summed E-state index contributed by atoms with van der Waals surface area (Å²) in [6.07, 6.45) is 3.14. The Bertz CT molecular complexity index is 619. The zero-order valence-electron chi connectivity index (χ0n) is 17.7. The summed E-state index contributed by atoms with van der Waals surface area (Å²) in [7, 11) is 0. The average Bonchev–Trinajstić information content (AvgIpc) is 3.28. The van der Waals surface area contributed by atoms with E-state index >= 15 is 0 Å². The van der Waals surface area contributed by atoms with Crippen LogP contribution in [0, 0.1) is 0 Å². The van der Waals surface area contributed by atoms with E-state index in [4.69, 9.17) is 0 Å². The highest BCUT2D eigenvalue weighted by atomic mass is 15.5. The van der Waals surface area contributed by atoms with Crippen LogP contribution < -0.4 is 0 Å². The zero-order valence-corrected chi connectivity index (χ0v) is 17.7. The molecule has 0 saturated heterocycles. The number of hydrogen-bond acceptors (Lipinski definition) is 8. The highest BCUT2D eigenvalue weighted by Crippen LogP contribution is 2.16. The van der Waals surface area contributed by atoms with Crippen LogP contribution >= 0.6 is 0 Å². The first-order valence-corrected chi connectivity index (χ1v) is 8.65. The van der Waals surface area contributed by atoms with Gasteiger partial charge in [-0.25, -0.2) is 9.67 Å². The number of aromatic amines is 2. The third-order valence-electron chi connectivity index (χ3n) is 3.18. The van der Waals surface area contributed by atoms with Crippen LogP contribution in [0.5, 0.6) is 0 Å². The van der Waals surface area contributed by atoms with E-state index in [2.05, 4.69) is 72.1 Å². The van der Waals surface area contributed by atoms with Gasteiger partial charge < -0.3 is 0 Å². The number of rotatable bonds is 0. The Kier molecular flexibility index (Phi) is 7.26. The van der Waals surface area contributed by atoms with Crippen LogP contribution in [-0.2, 0) is 16.4 Å². The van der Waals surface area contributed by atoms with Crippen LogP contribution in [-0.4, -0.2) is 56.0 Å². The molecule has 0 unspecified atom stereocenters. The van der Waals surface area contributed by atoms with Gasteiger partial charge in [-0.2, -0.15) is 10.3 Å². The Labute approximate surface area is 159 Å². The lowest BCUT2D eigenvalue weighted by molar-refractivity contribution is 0.346. The minimum atomic E-state index is 0.00347. The summed E-state index contributed by atoms with van der Waals surface area (Å²) >= 11 is 0. The minimum Gasteiger partial charge on any atom is -0.263 e. The van der Waals surface area contributed by atoms with Gasteiger partial charge in [0.1, 0.15) is 18.5 Å². The molecule has 0 aliphatic rings. The van der Waals surface area contributed by atoms with Crippen molar-refractivity contribution in [1.29, 1.82) is 0 Å². The molecule has 3 aromatic heterocycles. The molecular weight excluding hydrogens is 346 g/mol. The predicted octanol–water partition coefficient (Wildman–Crippen LogP) is 2.03. The summed E-state index contributed by atoms with van der Waals surface area (Å²) < 4.78 is 1.72. The lowest BCUT2D eigenvalue weighted by Gasteiger charge is -2.16. The first-order chi connectivity index (χ1) is 12.3. The molecule has 0 aliphatic carbocycles. The Balaban J connectivity index is 0.000000202. The fourth-order valence-corrected chi connectivity index (χ4v) is 1.52. The van der Waals surface area contributed by atoms with E-state index in [0.717, 1.165) is 11.6 Å². The van der Waals surface area contributed by atoms with Gasteiger partial charge in [-0.1, -0.05) is 46.8 Å². The van der Waals surface area contributed by atoms with E-state index in [0.29, 0.717) is 0 Å². The summed E-state index contributed by atoms with van der Waals surface area (Å²) in [5.41, 5.74) is 0.104. The van der Waals surface area contributed by atoms with Crippen molar-refractivity contribution < 1.29 is 0 Å². The maximum Gasteiger partial charge on any atom is 0.179 e. The summed E-state index contributed by atoms with van der Waals surface area (Å²) in [5.74, 6) is 1.69. The van der Waals surface area contributed by atoms with Crippen LogP contribution in [0.25, 0.3) is 0 Å². The highest BCUT2D eigenvalue weighted by molar-refractivity contribution is 4.97. The molecule has 27 heavy (non-hydrogen) atoms. The summed E-state index contributed by atoms with van der Waals surface area (Å²) in [6.45, 7) is 18.5. The van der Waals surface area contributed by atoms with Gasteiger partial charge in [-0.15, -0.1) is 15.3 Å². The van der Waals surface area contributed by atoms with Crippen LogP contribution in [0.2, 0.25) is 0 Å². The number of H-pyrrole nitrogens is 2. The molecule has 0 amide bonds. The molecule has 11 nitrogen and oxygen atoms in total. The number of hydrogen-bond donors (Lipinski definition) is 2. The quantitative estimate of drug-likeness (QED) is 0.606. The molecule has 0 atom stereocenters. The standard InChI is InChI=1S/C6H11N3.2C5H10N4/c1-6(2,3)5-7-4-8-9-5;1-5(2,3)9-4-6-7-8-9;1-5(2,3)4-6-8-9-7-4/h4H,1-3H3,(H,7,8,9);4H,1-3H3;1-3H3,(H,6,7,8,9). The van der Waals surface area contributed by atoms with E-state index in [1.54, 1.807) is 11.0 Å². The molecule has 0 aliphatic heterocycles. The molecule has 11 heteroatoms. The van der Waals surface area contributed by atoms with Crippen molar-refractivity contribution in [2.45, 2.75) is 78.7 Å². The largest absolute Gasteiger partial charge is 0.263 e. The summed E-state index contributed by atoms with van der Waals surface area (Å²) in [5, 5.41) is 30.9. The second kappa shape index (κ2) is 8.78. The Morgan fingerprint density at radius 3 is 1.81 bits per heavy atom. The number of aromatic nitrogens is 11. The molecule has 150 valence electrons.